The third kappa shape index (κ3) is 3.59. The molecule has 0 atom stereocenters. The lowest BCUT2D eigenvalue weighted by Crippen LogP contribution is -2.30. The molecule has 0 amide bonds. The molecule has 1 fully saturated rings. The fourth-order valence-corrected chi connectivity index (χ4v) is 5.58. The second-order valence-corrected chi connectivity index (χ2v) is 9.95. The highest BCUT2D eigenvalue weighted by Gasteiger charge is 2.27. The molecule has 3 rings (SSSR count). The normalized spacial score (nSPS) is 16.3. The van der Waals surface area contributed by atoms with Gasteiger partial charge in [-0.2, -0.15) is 4.31 Å². The quantitative estimate of drug-likeness (QED) is 0.721. The third-order valence-electron chi connectivity index (χ3n) is 3.51. The molecule has 130 valence electrons. The van der Waals surface area contributed by atoms with E-state index in [1.54, 1.807) is 11.4 Å². The van der Waals surface area contributed by atoms with E-state index >= 15 is 0 Å². The van der Waals surface area contributed by atoms with Crippen molar-refractivity contribution in [2.75, 3.05) is 18.5 Å². The molecule has 0 aliphatic carbocycles. The highest BCUT2D eigenvalue weighted by Crippen LogP contribution is 2.21. The Bertz CT molecular complexity index is 887. The van der Waals surface area contributed by atoms with Crippen LogP contribution in [0.1, 0.15) is 12.8 Å². The van der Waals surface area contributed by atoms with Crippen molar-refractivity contribution >= 4 is 37.2 Å². The lowest BCUT2D eigenvalue weighted by atomic mass is 10.4. The predicted octanol–water partition coefficient (Wildman–Crippen LogP) is 1.23. The van der Waals surface area contributed by atoms with Crippen LogP contribution in [0.5, 0.6) is 0 Å². The molecule has 0 aromatic carbocycles. The first-order chi connectivity index (χ1) is 11.4. The van der Waals surface area contributed by atoms with Crippen molar-refractivity contribution in [2.45, 2.75) is 21.9 Å². The molecule has 1 aliphatic heterocycles. The highest BCUT2D eigenvalue weighted by atomic mass is 32.2. The van der Waals surface area contributed by atoms with Gasteiger partial charge in [-0.3, -0.25) is 5.43 Å². The summed E-state index contributed by atoms with van der Waals surface area (Å²) >= 11 is 1.09. The zero-order valence-electron chi connectivity index (χ0n) is 12.5. The van der Waals surface area contributed by atoms with Crippen LogP contribution in [-0.4, -0.2) is 39.2 Å². The van der Waals surface area contributed by atoms with E-state index in [0.29, 0.717) is 13.1 Å². The van der Waals surface area contributed by atoms with Crippen molar-refractivity contribution in [3.8, 4) is 0 Å². The second-order valence-electron chi connectivity index (χ2n) is 5.15. The molecule has 2 N–H and O–H groups in total. The van der Waals surface area contributed by atoms with Gasteiger partial charge >= 0.3 is 0 Å². The molecule has 2 aromatic rings. The molecule has 0 unspecified atom stereocenters. The van der Waals surface area contributed by atoms with E-state index in [1.807, 2.05) is 0 Å². The first kappa shape index (κ1) is 17.3. The number of aromatic nitrogens is 1. The molecule has 24 heavy (non-hydrogen) atoms. The van der Waals surface area contributed by atoms with Crippen LogP contribution in [0.3, 0.4) is 0 Å². The van der Waals surface area contributed by atoms with Gasteiger partial charge in [0, 0.05) is 19.3 Å². The number of sulfonamides is 2. The van der Waals surface area contributed by atoms with Crippen LogP contribution >= 0.6 is 11.3 Å². The molecular weight excluding hydrogens is 372 g/mol. The Morgan fingerprint density at radius 1 is 1.08 bits per heavy atom. The monoisotopic (exact) mass is 388 g/mol. The van der Waals surface area contributed by atoms with Gasteiger partial charge in [0.15, 0.2) is 0 Å². The Morgan fingerprint density at radius 2 is 1.83 bits per heavy atom. The predicted molar refractivity (Wildman–Crippen MR) is 90.5 cm³/mol. The van der Waals surface area contributed by atoms with E-state index in [2.05, 4.69) is 15.2 Å². The lowest BCUT2D eigenvalue weighted by Gasteiger charge is -2.15. The van der Waals surface area contributed by atoms with E-state index in [9.17, 15) is 16.8 Å². The van der Waals surface area contributed by atoms with Gasteiger partial charge in [-0.1, -0.05) is 6.07 Å². The van der Waals surface area contributed by atoms with Gasteiger partial charge < -0.3 is 0 Å². The minimum absolute atomic E-state index is 0.0936. The van der Waals surface area contributed by atoms with Crippen molar-refractivity contribution in [1.29, 1.82) is 0 Å². The molecule has 0 spiro atoms. The highest BCUT2D eigenvalue weighted by molar-refractivity contribution is 7.91. The van der Waals surface area contributed by atoms with E-state index in [0.717, 1.165) is 24.2 Å². The Labute approximate surface area is 144 Å². The minimum atomic E-state index is -3.68. The molecule has 1 aliphatic rings. The van der Waals surface area contributed by atoms with Gasteiger partial charge in [0.05, 0.1) is 0 Å². The van der Waals surface area contributed by atoms with Gasteiger partial charge in [-0.25, -0.2) is 21.8 Å². The number of thiophene rings is 1. The largest absolute Gasteiger partial charge is 0.292 e. The number of nitrogens with zero attached hydrogens (tertiary/aromatic N) is 2. The zero-order valence-corrected chi connectivity index (χ0v) is 15.0. The topological polar surface area (TPSA) is 108 Å². The second kappa shape index (κ2) is 6.76. The summed E-state index contributed by atoms with van der Waals surface area (Å²) in [5, 5.41) is 1.66. The van der Waals surface area contributed by atoms with E-state index in [4.69, 9.17) is 0 Å². The molecule has 8 nitrogen and oxygen atoms in total. The Morgan fingerprint density at radius 3 is 2.42 bits per heavy atom. The summed E-state index contributed by atoms with van der Waals surface area (Å²) in [6, 6.07) is 5.94. The lowest BCUT2D eigenvalue weighted by molar-refractivity contribution is 0.477. The number of hydrogen-bond acceptors (Lipinski definition) is 7. The Kier molecular flexibility index (Phi) is 4.88. The maximum Gasteiger partial charge on any atom is 0.266 e. The van der Waals surface area contributed by atoms with Crippen LogP contribution in [-0.2, 0) is 20.0 Å². The van der Waals surface area contributed by atoms with Crippen LogP contribution in [0.15, 0.2) is 44.9 Å². The van der Waals surface area contributed by atoms with Crippen LogP contribution in [0.4, 0.5) is 5.82 Å². The van der Waals surface area contributed by atoms with Gasteiger partial charge in [0.2, 0.25) is 10.0 Å². The summed E-state index contributed by atoms with van der Waals surface area (Å²) in [5.41, 5.74) is 2.47. The fraction of sp³-hybridized carbons (Fsp3) is 0.308. The molecule has 3 heterocycles. The first-order valence-corrected chi connectivity index (χ1v) is 11.0. The number of rotatable bonds is 6. The van der Waals surface area contributed by atoms with Gasteiger partial charge in [-0.15, -0.1) is 16.2 Å². The van der Waals surface area contributed by atoms with Crippen molar-refractivity contribution in [1.82, 2.24) is 14.1 Å². The summed E-state index contributed by atoms with van der Waals surface area (Å²) in [4.78, 5) is 6.26. The van der Waals surface area contributed by atoms with Crippen LogP contribution in [0.2, 0.25) is 0 Å². The molecule has 2 aromatic heterocycles. The van der Waals surface area contributed by atoms with Gasteiger partial charge in [0.1, 0.15) is 14.9 Å². The summed E-state index contributed by atoms with van der Waals surface area (Å²) in [7, 11) is -7.20. The zero-order chi connectivity index (χ0) is 17.2. The van der Waals surface area contributed by atoms with E-state index in [1.165, 1.54) is 28.7 Å². The van der Waals surface area contributed by atoms with Crippen molar-refractivity contribution < 1.29 is 16.8 Å². The van der Waals surface area contributed by atoms with Crippen molar-refractivity contribution in [2.24, 2.45) is 0 Å². The van der Waals surface area contributed by atoms with Gasteiger partial charge in [0.25, 0.3) is 10.0 Å². The number of hydrogen-bond donors (Lipinski definition) is 2. The maximum absolute atomic E-state index is 12.4. The first-order valence-electron chi connectivity index (χ1n) is 7.17. The molecule has 0 radical (unpaired) electrons. The minimum Gasteiger partial charge on any atom is -0.292 e. The summed E-state index contributed by atoms with van der Waals surface area (Å²) in [5.74, 6) is 0.204. The number of nitrogens with one attached hydrogen (secondary N) is 2. The number of pyridine rings is 1. The molecule has 0 saturated carbocycles. The molecular formula is C13H16N4O4S3. The SMILES string of the molecule is O=S(=O)(NNc1ccc(S(=O)(=O)N2CCCC2)cn1)c1cccs1. The molecule has 1 saturated heterocycles. The summed E-state index contributed by atoms with van der Waals surface area (Å²) < 4.78 is 50.3. The molecule has 0 bridgehead atoms. The Hall–Kier alpha value is -1.53. The smallest absolute Gasteiger partial charge is 0.266 e. The Balaban J connectivity index is 1.69. The average molecular weight is 388 g/mol. The fourth-order valence-electron chi connectivity index (χ4n) is 2.27. The van der Waals surface area contributed by atoms with Crippen LogP contribution in [0, 0.1) is 0 Å². The van der Waals surface area contributed by atoms with Crippen molar-refractivity contribution in [3.05, 3.63) is 35.8 Å². The molecule has 11 heteroatoms. The van der Waals surface area contributed by atoms with Crippen LogP contribution in [0.25, 0.3) is 0 Å². The van der Waals surface area contributed by atoms with Crippen LogP contribution < -0.4 is 10.3 Å². The summed E-state index contributed by atoms with van der Waals surface area (Å²) in [6.07, 6.45) is 2.93. The number of anilines is 1. The summed E-state index contributed by atoms with van der Waals surface area (Å²) in [6.45, 7) is 1.03. The third-order valence-corrected chi connectivity index (χ3v) is 8.04. The van der Waals surface area contributed by atoms with Gasteiger partial charge in [-0.05, 0) is 36.4 Å². The standard InChI is InChI=1S/C13H16N4O4S3/c18-23(19,13-4-3-9-22-13)16-15-12-6-5-11(10-14-12)24(20,21)17-7-1-2-8-17/h3-6,9-10,16H,1-2,7-8H2,(H,14,15). The van der Waals surface area contributed by atoms with E-state index < -0.39 is 20.0 Å². The average Bonchev–Trinajstić information content (AvgIpc) is 3.26. The maximum atomic E-state index is 12.4. The van der Waals surface area contributed by atoms with Crippen molar-refractivity contribution in [3.63, 3.8) is 0 Å². The number of hydrazine groups is 1. The van der Waals surface area contributed by atoms with E-state index in [-0.39, 0.29) is 14.9 Å².